The number of hydrogen-bond donors (Lipinski definition) is 0. The molecule has 0 aliphatic rings. The molecular weight excluding hydrogens is 226 g/mol. The van der Waals surface area contributed by atoms with Crippen LogP contribution in [0.25, 0.3) is 0 Å². The summed E-state index contributed by atoms with van der Waals surface area (Å²) in [7, 11) is 0. The monoisotopic (exact) mass is 256 g/mol. The standard InChI is InChI=1S/C12H27N.C3H4O2/c1-4-7-10-13(11-8-5-2)12-9-6-3;1-2-3(4)5/h4-12H2,1-3H3;2H,1H2,(H,4,5)/p-1. The van der Waals surface area contributed by atoms with E-state index in [0.717, 1.165) is 6.08 Å². The Kier molecular flexibility index (Phi) is 17.5. The summed E-state index contributed by atoms with van der Waals surface area (Å²) in [4.78, 5) is 11.8. The molecule has 0 fully saturated rings. The minimum absolute atomic E-state index is 0.722. The summed E-state index contributed by atoms with van der Waals surface area (Å²) >= 11 is 0. The van der Waals surface area contributed by atoms with Crippen LogP contribution in [0.15, 0.2) is 12.7 Å². The Morgan fingerprint density at radius 2 is 1.28 bits per heavy atom. The number of carboxylic acids is 1. The molecule has 0 aromatic rings. The summed E-state index contributed by atoms with van der Waals surface area (Å²) in [5.74, 6) is -1.23. The van der Waals surface area contributed by atoms with Crippen molar-refractivity contribution >= 4 is 5.97 Å². The summed E-state index contributed by atoms with van der Waals surface area (Å²) in [5.41, 5.74) is 0. The van der Waals surface area contributed by atoms with Gasteiger partial charge in [-0.15, -0.1) is 0 Å². The zero-order chi connectivity index (χ0) is 14.2. The molecule has 0 atom stereocenters. The van der Waals surface area contributed by atoms with Gasteiger partial charge in [0.1, 0.15) is 0 Å². The summed E-state index contributed by atoms with van der Waals surface area (Å²) in [5, 5.41) is 9.14. The van der Waals surface area contributed by atoms with Gasteiger partial charge in [0.05, 0.1) is 5.97 Å². The fourth-order valence-corrected chi connectivity index (χ4v) is 1.48. The van der Waals surface area contributed by atoms with Crippen molar-refractivity contribution < 1.29 is 9.90 Å². The van der Waals surface area contributed by atoms with Crippen LogP contribution in [0.4, 0.5) is 0 Å². The van der Waals surface area contributed by atoms with Gasteiger partial charge in [-0.25, -0.2) is 0 Å². The topological polar surface area (TPSA) is 43.4 Å². The minimum atomic E-state index is -1.23. The largest absolute Gasteiger partial charge is 0.545 e. The van der Waals surface area contributed by atoms with Crippen molar-refractivity contribution in [1.82, 2.24) is 4.90 Å². The highest BCUT2D eigenvalue weighted by molar-refractivity contribution is 5.76. The summed E-state index contributed by atoms with van der Waals surface area (Å²) < 4.78 is 0. The Morgan fingerprint density at radius 1 is 1.00 bits per heavy atom. The molecule has 0 unspecified atom stereocenters. The molecule has 0 amide bonds. The third kappa shape index (κ3) is 17.6. The SMILES string of the molecule is C=CC(=O)[O-].CCCCN(CCCC)CCCC. The molecule has 0 spiro atoms. The van der Waals surface area contributed by atoms with E-state index in [0.29, 0.717) is 0 Å². The second-order valence-electron chi connectivity index (χ2n) is 4.43. The molecule has 3 heteroatoms. The van der Waals surface area contributed by atoms with Gasteiger partial charge in [0.15, 0.2) is 0 Å². The Balaban J connectivity index is 0. The van der Waals surface area contributed by atoms with Gasteiger partial charge in [-0.1, -0.05) is 46.6 Å². The Hall–Kier alpha value is -0.830. The van der Waals surface area contributed by atoms with Crippen LogP contribution < -0.4 is 5.11 Å². The number of rotatable bonds is 10. The smallest absolute Gasteiger partial charge is 0.0636 e. The van der Waals surface area contributed by atoms with Gasteiger partial charge in [0, 0.05) is 0 Å². The number of aliphatic carboxylic acids is 1. The van der Waals surface area contributed by atoms with Gasteiger partial charge in [0.25, 0.3) is 0 Å². The zero-order valence-electron chi connectivity index (χ0n) is 12.4. The van der Waals surface area contributed by atoms with Gasteiger partial charge in [-0.3, -0.25) is 0 Å². The first-order chi connectivity index (χ1) is 8.62. The van der Waals surface area contributed by atoms with Crippen LogP contribution in [0.3, 0.4) is 0 Å². The maximum Gasteiger partial charge on any atom is 0.0636 e. The number of hydrogen-bond acceptors (Lipinski definition) is 3. The van der Waals surface area contributed by atoms with E-state index in [1.807, 2.05) is 0 Å². The third-order valence-corrected chi connectivity index (χ3v) is 2.65. The number of carbonyl (C=O) groups excluding carboxylic acids is 1. The van der Waals surface area contributed by atoms with E-state index in [-0.39, 0.29) is 0 Å². The van der Waals surface area contributed by atoms with Crippen molar-refractivity contribution in [3.8, 4) is 0 Å². The molecule has 0 N–H and O–H groups in total. The number of unbranched alkanes of at least 4 members (excludes halogenated alkanes) is 3. The molecule has 108 valence electrons. The van der Waals surface area contributed by atoms with Crippen LogP contribution in [0.2, 0.25) is 0 Å². The molecule has 0 aromatic carbocycles. The summed E-state index contributed by atoms with van der Waals surface area (Å²) in [6, 6.07) is 0. The predicted octanol–water partition coefficient (Wildman–Crippen LogP) is 2.61. The lowest BCUT2D eigenvalue weighted by Gasteiger charge is -2.21. The maximum absolute atomic E-state index is 9.14. The molecule has 0 saturated heterocycles. The van der Waals surface area contributed by atoms with Crippen molar-refractivity contribution in [3.63, 3.8) is 0 Å². The van der Waals surface area contributed by atoms with Crippen LogP contribution in [0.5, 0.6) is 0 Å². The average Bonchev–Trinajstić information content (AvgIpc) is 2.38. The van der Waals surface area contributed by atoms with Gasteiger partial charge in [-0.05, 0) is 45.0 Å². The van der Waals surface area contributed by atoms with E-state index in [4.69, 9.17) is 9.90 Å². The van der Waals surface area contributed by atoms with Gasteiger partial charge in [0.2, 0.25) is 0 Å². The molecule has 3 nitrogen and oxygen atoms in total. The first kappa shape index (κ1) is 19.5. The van der Waals surface area contributed by atoms with Crippen LogP contribution in [-0.2, 0) is 4.79 Å². The van der Waals surface area contributed by atoms with E-state index >= 15 is 0 Å². The van der Waals surface area contributed by atoms with E-state index in [1.54, 1.807) is 0 Å². The van der Waals surface area contributed by atoms with Crippen LogP contribution in [0, 0.1) is 0 Å². The van der Waals surface area contributed by atoms with Crippen molar-refractivity contribution in [2.45, 2.75) is 59.3 Å². The molecule has 0 aliphatic carbocycles. The molecule has 18 heavy (non-hydrogen) atoms. The van der Waals surface area contributed by atoms with Crippen molar-refractivity contribution in [3.05, 3.63) is 12.7 Å². The zero-order valence-corrected chi connectivity index (χ0v) is 12.4. The highest BCUT2D eigenvalue weighted by atomic mass is 16.4. The Bertz CT molecular complexity index is 174. The number of carbonyl (C=O) groups is 1. The quantitative estimate of drug-likeness (QED) is 0.564. The molecule has 0 saturated carbocycles. The lowest BCUT2D eigenvalue weighted by atomic mass is 10.2. The number of carboxylic acid groups (broad SMARTS) is 1. The van der Waals surface area contributed by atoms with Crippen molar-refractivity contribution in [2.75, 3.05) is 19.6 Å². The van der Waals surface area contributed by atoms with Crippen LogP contribution >= 0.6 is 0 Å². The lowest BCUT2D eigenvalue weighted by Crippen LogP contribution is -2.27. The molecule has 0 heterocycles. The lowest BCUT2D eigenvalue weighted by molar-refractivity contribution is -0.297. The number of nitrogens with zero attached hydrogens (tertiary/aromatic N) is 1. The van der Waals surface area contributed by atoms with E-state index < -0.39 is 5.97 Å². The van der Waals surface area contributed by atoms with Gasteiger partial charge >= 0.3 is 0 Å². The highest BCUT2D eigenvalue weighted by Crippen LogP contribution is 2.01. The van der Waals surface area contributed by atoms with Crippen LogP contribution in [0.1, 0.15) is 59.3 Å². The van der Waals surface area contributed by atoms with E-state index in [1.165, 1.54) is 58.2 Å². The average molecular weight is 256 g/mol. The first-order valence-electron chi connectivity index (χ1n) is 7.18. The Labute approximate surface area is 113 Å². The van der Waals surface area contributed by atoms with Gasteiger partial charge < -0.3 is 14.8 Å². The fraction of sp³-hybridized carbons (Fsp3) is 0.800. The normalized spacial score (nSPS) is 9.78. The third-order valence-electron chi connectivity index (χ3n) is 2.65. The maximum atomic E-state index is 9.14. The highest BCUT2D eigenvalue weighted by Gasteiger charge is 2.01. The molecule has 0 aliphatic heterocycles. The van der Waals surface area contributed by atoms with E-state index in [9.17, 15) is 0 Å². The second kappa shape index (κ2) is 16.2. The molecule has 0 bridgehead atoms. The van der Waals surface area contributed by atoms with Crippen molar-refractivity contribution in [2.24, 2.45) is 0 Å². The molecule has 0 rings (SSSR count). The first-order valence-corrected chi connectivity index (χ1v) is 7.18. The molecule has 0 radical (unpaired) electrons. The summed E-state index contributed by atoms with van der Waals surface area (Å²) in [6.45, 7) is 13.7. The molecular formula is C15H30NO2-. The molecule has 0 aromatic heterocycles. The summed E-state index contributed by atoms with van der Waals surface area (Å²) in [6.07, 6.45) is 8.81. The fourth-order valence-electron chi connectivity index (χ4n) is 1.48. The predicted molar refractivity (Wildman–Crippen MR) is 76.4 cm³/mol. The minimum Gasteiger partial charge on any atom is -0.545 e. The van der Waals surface area contributed by atoms with Gasteiger partial charge in [-0.2, -0.15) is 0 Å². The second-order valence-corrected chi connectivity index (χ2v) is 4.43. The van der Waals surface area contributed by atoms with Crippen LogP contribution in [-0.4, -0.2) is 30.5 Å². The van der Waals surface area contributed by atoms with Crippen molar-refractivity contribution in [1.29, 1.82) is 0 Å². The Morgan fingerprint density at radius 3 is 1.44 bits per heavy atom. The van der Waals surface area contributed by atoms with E-state index in [2.05, 4.69) is 32.3 Å².